The zero-order valence-corrected chi connectivity index (χ0v) is 27.1. The van der Waals surface area contributed by atoms with Gasteiger partial charge in [-0.1, -0.05) is 133 Å². The molecule has 6 aromatic carbocycles. The van der Waals surface area contributed by atoms with Gasteiger partial charge in [-0.2, -0.15) is 0 Å². The lowest BCUT2D eigenvalue weighted by atomic mass is 10.3. The Hall–Kier alpha value is -5.05. The first kappa shape index (κ1) is 27.8. The third-order valence-corrected chi connectivity index (χ3v) is 17.1. The van der Waals surface area contributed by atoms with Gasteiger partial charge < -0.3 is 0 Å². The Balaban J connectivity index is 1.67. The van der Waals surface area contributed by atoms with Gasteiger partial charge in [0.05, 0.1) is 0 Å². The molecule has 0 unspecified atom stereocenters. The van der Waals surface area contributed by atoms with E-state index in [1.165, 1.54) is 33.1 Å². The number of para-hydroxylation sites is 4. The Morgan fingerprint density at radius 3 is 0.659 bits per heavy atom. The summed E-state index contributed by atoms with van der Waals surface area (Å²) in [5, 5.41) is 2.64. The van der Waals surface area contributed by atoms with E-state index in [1.807, 2.05) is 0 Å². The minimum atomic E-state index is -2.91. The second-order valence-electron chi connectivity index (χ2n) is 11.4. The summed E-state index contributed by atoms with van der Waals surface area (Å²) in [5.41, 5.74) is 4.71. The van der Waals surface area contributed by atoms with E-state index in [-0.39, 0.29) is 0 Å². The summed E-state index contributed by atoms with van der Waals surface area (Å²) >= 11 is 0. The topological polar surface area (TPSA) is 13.0 Å². The zero-order chi connectivity index (χ0) is 30.0. The molecular weight excluding hydrogens is 569 g/mol. The van der Waals surface area contributed by atoms with Crippen LogP contribution in [0.5, 0.6) is 0 Å². The molecule has 0 amide bonds. The molecule has 6 heteroatoms. The van der Waals surface area contributed by atoms with Gasteiger partial charge in [0, 0.05) is 22.7 Å². The monoisotopic (exact) mass is 604 g/mol. The second-order valence-corrected chi connectivity index (χ2v) is 18.3. The second kappa shape index (κ2) is 11.6. The number of rotatable bonds is 6. The smallest absolute Gasteiger partial charge is 0.291 e. The Morgan fingerprint density at radius 1 is 0.273 bits per heavy atom. The van der Waals surface area contributed by atoms with Crippen molar-refractivity contribution in [1.29, 1.82) is 0 Å². The van der Waals surface area contributed by atoms with Gasteiger partial charge in [0.1, 0.15) is 0 Å². The molecule has 216 valence electrons. The molecule has 1 aliphatic rings. The van der Waals surface area contributed by atoms with Crippen molar-refractivity contribution in [3.63, 3.8) is 0 Å². The molecule has 0 aliphatic carbocycles. The van der Waals surface area contributed by atoms with Crippen molar-refractivity contribution in [3.05, 3.63) is 182 Å². The van der Waals surface area contributed by atoms with Gasteiger partial charge in [-0.05, 0) is 72.0 Å². The van der Waals surface area contributed by atoms with Crippen molar-refractivity contribution in [1.82, 2.24) is 0 Å². The van der Waals surface area contributed by atoms with Crippen LogP contribution < -0.4 is 29.1 Å². The fourth-order valence-electron chi connectivity index (χ4n) is 6.70. The van der Waals surface area contributed by atoms with E-state index in [0.29, 0.717) is 0 Å². The minimum Gasteiger partial charge on any atom is -0.291 e. The van der Waals surface area contributed by atoms with Crippen LogP contribution in [0.2, 0.25) is 13.1 Å². The van der Waals surface area contributed by atoms with E-state index in [9.17, 15) is 0 Å². The molecule has 0 aromatic heterocycles. The standard InChI is InChI=1S/C38H36N4Si2/c1-43(37-29-17-7-18-30-37)39(33-21-9-3-10-22-33)41(35-25-13-5-14-26-35)44(2,38-31-19-8-20-32-38)42(36-27-15-6-16-28-36)40(43)34-23-11-4-12-24-34/h3-32H,1-2H3. The van der Waals surface area contributed by atoms with Gasteiger partial charge in [0.2, 0.25) is 0 Å². The Bertz CT molecular complexity index is 1560. The van der Waals surface area contributed by atoms with Gasteiger partial charge in [-0.25, -0.2) is 0 Å². The summed E-state index contributed by atoms with van der Waals surface area (Å²) in [4.78, 5) is 0. The van der Waals surface area contributed by atoms with E-state index in [0.717, 1.165) is 0 Å². The van der Waals surface area contributed by atoms with Crippen molar-refractivity contribution in [2.75, 3.05) is 18.7 Å². The average Bonchev–Trinajstić information content (AvgIpc) is 3.11. The van der Waals surface area contributed by atoms with Crippen molar-refractivity contribution in [2.24, 2.45) is 0 Å². The molecule has 0 bridgehead atoms. The number of benzene rings is 6. The third kappa shape index (κ3) is 4.51. The first-order valence-electron chi connectivity index (χ1n) is 15.2. The highest BCUT2D eigenvalue weighted by atomic mass is 28.4. The highest BCUT2D eigenvalue weighted by Crippen LogP contribution is 2.44. The van der Waals surface area contributed by atoms with E-state index < -0.39 is 16.8 Å². The van der Waals surface area contributed by atoms with Gasteiger partial charge in [-0.3, -0.25) is 18.7 Å². The predicted octanol–water partition coefficient (Wildman–Crippen LogP) is 7.81. The van der Waals surface area contributed by atoms with Crippen molar-refractivity contribution in [2.45, 2.75) is 13.1 Å². The van der Waals surface area contributed by atoms with Gasteiger partial charge in [-0.15, -0.1) is 0 Å². The molecule has 1 fully saturated rings. The maximum absolute atomic E-state index is 2.91. The first-order valence-corrected chi connectivity index (χ1v) is 19.9. The van der Waals surface area contributed by atoms with Crippen LogP contribution in [0.25, 0.3) is 0 Å². The predicted molar refractivity (Wildman–Crippen MR) is 191 cm³/mol. The summed E-state index contributed by atoms with van der Waals surface area (Å²) < 4.78 is 10.7. The molecule has 4 nitrogen and oxygen atoms in total. The maximum atomic E-state index is 2.68. The van der Waals surface area contributed by atoms with Gasteiger partial charge in [0.15, 0.2) is 0 Å². The number of hydrogen-bond donors (Lipinski definition) is 0. The molecule has 7 rings (SSSR count). The molecule has 44 heavy (non-hydrogen) atoms. The summed E-state index contributed by atoms with van der Waals surface area (Å²) in [7, 11) is -5.83. The van der Waals surface area contributed by atoms with E-state index >= 15 is 0 Å². The summed E-state index contributed by atoms with van der Waals surface area (Å²) in [6, 6.07) is 66.1. The molecule has 0 spiro atoms. The third-order valence-electron chi connectivity index (χ3n) is 8.69. The first-order chi connectivity index (χ1) is 21.6. The average molecular weight is 605 g/mol. The fraction of sp³-hybridized carbons (Fsp3) is 0.0526. The lowest BCUT2D eigenvalue weighted by Gasteiger charge is -2.68. The molecule has 1 heterocycles. The van der Waals surface area contributed by atoms with Crippen LogP contribution in [0.15, 0.2) is 182 Å². The largest absolute Gasteiger partial charge is 0.332 e. The van der Waals surface area contributed by atoms with Crippen molar-refractivity contribution >= 4 is 49.9 Å². The molecule has 0 saturated carbocycles. The zero-order valence-electron chi connectivity index (χ0n) is 25.1. The Kier molecular flexibility index (Phi) is 7.30. The normalized spacial score (nSPS) is 20.0. The Labute approximate surface area is 263 Å². The molecule has 0 radical (unpaired) electrons. The van der Waals surface area contributed by atoms with E-state index in [2.05, 4.69) is 214 Å². The molecular formula is C38H36N4Si2. The molecule has 0 atom stereocenters. The number of hydrazine groups is 2. The summed E-state index contributed by atoms with van der Waals surface area (Å²) in [5.74, 6) is 0. The lowest BCUT2D eigenvalue weighted by molar-refractivity contribution is 0.909. The van der Waals surface area contributed by atoms with Crippen LogP contribution in [-0.4, -0.2) is 16.8 Å². The van der Waals surface area contributed by atoms with Crippen LogP contribution in [0, 0.1) is 0 Å². The number of nitrogens with zero attached hydrogens (tertiary/aromatic N) is 4. The highest BCUT2D eigenvalue weighted by Gasteiger charge is 2.63. The maximum Gasteiger partial charge on any atom is 0.332 e. The molecule has 6 aromatic rings. The quantitative estimate of drug-likeness (QED) is 0.180. The van der Waals surface area contributed by atoms with Crippen molar-refractivity contribution < 1.29 is 0 Å². The molecule has 1 saturated heterocycles. The number of anilines is 4. The van der Waals surface area contributed by atoms with Crippen molar-refractivity contribution in [3.8, 4) is 0 Å². The SMILES string of the molecule is C[Si]1(c2ccccc2)N(c2ccccc2)N(c2ccccc2)[Si](C)(c2ccccc2)N(c2ccccc2)N1c1ccccc1. The van der Waals surface area contributed by atoms with Crippen LogP contribution in [0.1, 0.15) is 0 Å². The molecule has 1 aliphatic heterocycles. The van der Waals surface area contributed by atoms with E-state index in [1.54, 1.807) is 0 Å². The van der Waals surface area contributed by atoms with Crippen LogP contribution in [-0.2, 0) is 0 Å². The van der Waals surface area contributed by atoms with E-state index in [4.69, 9.17) is 0 Å². The Morgan fingerprint density at radius 2 is 0.455 bits per heavy atom. The van der Waals surface area contributed by atoms with Gasteiger partial charge >= 0.3 is 16.8 Å². The highest BCUT2D eigenvalue weighted by molar-refractivity contribution is 7.07. The fourth-order valence-corrected chi connectivity index (χ4v) is 16.6. The number of hydrogen-bond acceptors (Lipinski definition) is 4. The van der Waals surface area contributed by atoms with Crippen LogP contribution in [0.3, 0.4) is 0 Å². The minimum absolute atomic E-state index is 1.18. The van der Waals surface area contributed by atoms with Gasteiger partial charge in [0.25, 0.3) is 0 Å². The summed E-state index contributed by atoms with van der Waals surface area (Å²) in [6.07, 6.45) is 0. The molecule has 0 N–H and O–H groups in total. The lowest BCUT2D eigenvalue weighted by Crippen LogP contribution is -2.94. The van der Waals surface area contributed by atoms with Crippen LogP contribution in [0.4, 0.5) is 22.7 Å². The van der Waals surface area contributed by atoms with Crippen LogP contribution >= 0.6 is 0 Å². The summed E-state index contributed by atoms with van der Waals surface area (Å²) in [6.45, 7) is 4.99.